The van der Waals surface area contributed by atoms with Crippen LogP contribution in [0.25, 0.3) is 33.5 Å². The molecule has 0 amide bonds. The molecule has 1 aliphatic rings. The Morgan fingerprint density at radius 2 is 1.69 bits per heavy atom. The van der Waals surface area contributed by atoms with Crippen LogP contribution in [0.4, 0.5) is 0 Å². The SMILES string of the molecule is C=C(CCCC)N1CCN(C(=C)c2ccc3c(Cl)cc(-c4cccc(-n5cnnc5)c4)nc3c2)CC1. The van der Waals surface area contributed by atoms with Gasteiger partial charge in [-0.25, -0.2) is 4.98 Å². The molecule has 2 aromatic heterocycles. The fraction of sp³-hybridized carbons (Fsp3) is 0.276. The molecule has 184 valence electrons. The zero-order valence-electron chi connectivity index (χ0n) is 20.7. The highest BCUT2D eigenvalue weighted by molar-refractivity contribution is 6.35. The molecule has 36 heavy (non-hydrogen) atoms. The minimum atomic E-state index is 0.682. The Balaban J connectivity index is 1.37. The third kappa shape index (κ3) is 5.00. The molecular formula is C29H31ClN6. The minimum absolute atomic E-state index is 0.682. The van der Waals surface area contributed by atoms with E-state index in [0.717, 1.165) is 71.7 Å². The lowest BCUT2D eigenvalue weighted by Gasteiger charge is -2.39. The minimum Gasteiger partial charge on any atom is -0.372 e. The van der Waals surface area contributed by atoms with E-state index < -0.39 is 0 Å². The van der Waals surface area contributed by atoms with Crippen molar-refractivity contribution >= 4 is 28.2 Å². The zero-order chi connectivity index (χ0) is 25.1. The van der Waals surface area contributed by atoms with Gasteiger partial charge in [0.05, 0.1) is 16.2 Å². The maximum Gasteiger partial charge on any atom is 0.123 e. The van der Waals surface area contributed by atoms with Gasteiger partial charge in [0.25, 0.3) is 0 Å². The van der Waals surface area contributed by atoms with Gasteiger partial charge < -0.3 is 9.80 Å². The van der Waals surface area contributed by atoms with Gasteiger partial charge in [0, 0.05) is 54.2 Å². The molecule has 0 N–H and O–H groups in total. The fourth-order valence-electron chi connectivity index (χ4n) is 4.69. The average molecular weight is 499 g/mol. The van der Waals surface area contributed by atoms with Gasteiger partial charge in [0.2, 0.25) is 0 Å². The summed E-state index contributed by atoms with van der Waals surface area (Å²) >= 11 is 6.70. The number of halogens is 1. The number of hydrogen-bond donors (Lipinski definition) is 0. The van der Waals surface area contributed by atoms with E-state index in [2.05, 4.69) is 58.3 Å². The summed E-state index contributed by atoms with van der Waals surface area (Å²) in [5.74, 6) is 0. The lowest BCUT2D eigenvalue weighted by molar-refractivity contribution is 0.209. The summed E-state index contributed by atoms with van der Waals surface area (Å²) in [6.45, 7) is 14.8. The molecule has 0 unspecified atom stereocenters. The normalized spacial score (nSPS) is 13.8. The molecule has 0 spiro atoms. The van der Waals surface area contributed by atoms with Crippen molar-refractivity contribution in [1.82, 2.24) is 29.5 Å². The van der Waals surface area contributed by atoms with Gasteiger partial charge >= 0.3 is 0 Å². The Kier molecular flexibility index (Phi) is 7.05. The second-order valence-corrected chi connectivity index (χ2v) is 9.64. The van der Waals surface area contributed by atoms with Gasteiger partial charge in [-0.15, -0.1) is 10.2 Å². The van der Waals surface area contributed by atoms with E-state index in [-0.39, 0.29) is 0 Å². The number of unbranched alkanes of at least 4 members (excludes halogenated alkanes) is 1. The first kappa shape index (κ1) is 24.1. The molecule has 2 aromatic carbocycles. The van der Waals surface area contributed by atoms with E-state index in [0.29, 0.717) is 5.02 Å². The summed E-state index contributed by atoms with van der Waals surface area (Å²) in [5.41, 5.74) is 6.98. The molecule has 1 saturated heterocycles. The number of rotatable bonds is 8. The number of allylic oxidation sites excluding steroid dienone is 1. The molecule has 7 heteroatoms. The van der Waals surface area contributed by atoms with Crippen molar-refractivity contribution < 1.29 is 0 Å². The molecule has 0 atom stereocenters. The van der Waals surface area contributed by atoms with Crippen molar-refractivity contribution in [3.8, 4) is 16.9 Å². The summed E-state index contributed by atoms with van der Waals surface area (Å²) < 4.78 is 1.87. The Hall–Kier alpha value is -3.64. The Morgan fingerprint density at radius 1 is 0.944 bits per heavy atom. The van der Waals surface area contributed by atoms with Crippen LogP contribution in [0.1, 0.15) is 31.7 Å². The highest BCUT2D eigenvalue weighted by Crippen LogP contribution is 2.31. The summed E-state index contributed by atoms with van der Waals surface area (Å²) in [6.07, 6.45) is 6.84. The quantitative estimate of drug-likeness (QED) is 0.280. The third-order valence-corrected chi connectivity index (χ3v) is 7.19. The van der Waals surface area contributed by atoms with Crippen LogP contribution in [0.3, 0.4) is 0 Å². The maximum absolute atomic E-state index is 6.70. The number of piperazine rings is 1. The molecule has 0 aliphatic carbocycles. The number of nitrogens with zero attached hydrogens (tertiary/aromatic N) is 6. The molecule has 6 nitrogen and oxygen atoms in total. The van der Waals surface area contributed by atoms with Crippen molar-refractivity contribution in [2.45, 2.75) is 26.2 Å². The van der Waals surface area contributed by atoms with Crippen molar-refractivity contribution in [1.29, 1.82) is 0 Å². The topological polar surface area (TPSA) is 50.1 Å². The summed E-state index contributed by atoms with van der Waals surface area (Å²) in [5, 5.41) is 9.42. The van der Waals surface area contributed by atoms with Gasteiger partial charge in [-0.05, 0) is 42.7 Å². The zero-order valence-corrected chi connectivity index (χ0v) is 21.5. The lowest BCUT2D eigenvalue weighted by atomic mass is 10.1. The maximum atomic E-state index is 6.70. The molecule has 0 bridgehead atoms. The van der Waals surface area contributed by atoms with Gasteiger partial charge in [-0.2, -0.15) is 0 Å². The molecule has 4 aromatic rings. The predicted molar refractivity (Wildman–Crippen MR) is 148 cm³/mol. The van der Waals surface area contributed by atoms with Crippen LogP contribution in [0, 0.1) is 0 Å². The molecule has 1 fully saturated rings. The highest BCUT2D eigenvalue weighted by atomic mass is 35.5. The number of hydrogen-bond acceptors (Lipinski definition) is 5. The Morgan fingerprint density at radius 3 is 2.44 bits per heavy atom. The van der Waals surface area contributed by atoms with Gasteiger partial charge in [0.1, 0.15) is 12.7 Å². The van der Waals surface area contributed by atoms with Crippen molar-refractivity contribution in [2.24, 2.45) is 0 Å². The van der Waals surface area contributed by atoms with Crippen LogP contribution in [-0.4, -0.2) is 55.7 Å². The van der Waals surface area contributed by atoms with Crippen LogP contribution in [0.5, 0.6) is 0 Å². The average Bonchev–Trinajstić information content (AvgIpc) is 3.46. The molecular weight excluding hydrogens is 468 g/mol. The van der Waals surface area contributed by atoms with Gasteiger partial charge in [0.15, 0.2) is 0 Å². The van der Waals surface area contributed by atoms with Crippen LogP contribution in [0.2, 0.25) is 5.02 Å². The smallest absolute Gasteiger partial charge is 0.123 e. The number of pyridine rings is 1. The van der Waals surface area contributed by atoms with Crippen LogP contribution in [0.15, 0.2) is 80.0 Å². The first-order chi connectivity index (χ1) is 17.5. The molecule has 1 aliphatic heterocycles. The molecule has 0 saturated carbocycles. The third-order valence-electron chi connectivity index (χ3n) is 6.88. The van der Waals surface area contributed by atoms with Crippen molar-refractivity contribution in [3.63, 3.8) is 0 Å². The first-order valence-corrected chi connectivity index (χ1v) is 12.8. The molecule has 0 radical (unpaired) electrons. The van der Waals surface area contributed by atoms with E-state index >= 15 is 0 Å². The molecule has 3 heterocycles. The Labute approximate surface area is 217 Å². The first-order valence-electron chi connectivity index (χ1n) is 12.5. The van der Waals surface area contributed by atoms with Crippen LogP contribution < -0.4 is 0 Å². The number of fused-ring (bicyclic) bond motifs is 1. The van der Waals surface area contributed by atoms with Crippen LogP contribution >= 0.6 is 11.6 Å². The van der Waals surface area contributed by atoms with E-state index in [1.54, 1.807) is 12.7 Å². The second-order valence-electron chi connectivity index (χ2n) is 9.23. The van der Waals surface area contributed by atoms with Crippen molar-refractivity contribution in [3.05, 3.63) is 90.6 Å². The fourth-order valence-corrected chi connectivity index (χ4v) is 4.95. The van der Waals surface area contributed by atoms with E-state index in [9.17, 15) is 0 Å². The summed E-state index contributed by atoms with van der Waals surface area (Å²) in [4.78, 5) is 9.75. The number of benzene rings is 2. The molecule has 5 rings (SSSR count). The van der Waals surface area contributed by atoms with E-state index in [1.165, 1.54) is 18.5 Å². The predicted octanol–water partition coefficient (Wildman–Crippen LogP) is 6.43. The van der Waals surface area contributed by atoms with E-state index in [4.69, 9.17) is 16.6 Å². The highest BCUT2D eigenvalue weighted by Gasteiger charge is 2.20. The standard InChI is InChI=1S/C29H31ClN6/c1-4-5-7-21(2)34-12-14-35(15-13-34)22(3)23-10-11-26-27(30)18-28(33-29(26)17-23)24-8-6-9-25(16-24)36-19-31-32-20-36/h6,8-11,16-20H,2-5,7,12-15H2,1H3. The summed E-state index contributed by atoms with van der Waals surface area (Å²) in [6, 6.07) is 16.3. The Bertz CT molecular complexity index is 1390. The summed E-state index contributed by atoms with van der Waals surface area (Å²) in [7, 11) is 0. The van der Waals surface area contributed by atoms with E-state index in [1.807, 2.05) is 34.9 Å². The van der Waals surface area contributed by atoms with Gasteiger partial charge in [-0.1, -0.05) is 62.4 Å². The number of aromatic nitrogens is 4. The van der Waals surface area contributed by atoms with Crippen molar-refractivity contribution in [2.75, 3.05) is 26.2 Å². The monoisotopic (exact) mass is 498 g/mol. The second kappa shape index (κ2) is 10.5. The van der Waals surface area contributed by atoms with Crippen LogP contribution in [-0.2, 0) is 0 Å². The largest absolute Gasteiger partial charge is 0.372 e. The lowest BCUT2D eigenvalue weighted by Crippen LogP contribution is -2.44. The van der Waals surface area contributed by atoms with Gasteiger partial charge in [-0.3, -0.25) is 4.57 Å².